The van der Waals surface area contributed by atoms with E-state index in [0.717, 1.165) is 29.8 Å². The number of nitrogens with zero attached hydrogens (tertiary/aromatic N) is 5. The van der Waals surface area contributed by atoms with Crippen LogP contribution in [0.4, 0.5) is 0 Å². The molecule has 1 aliphatic rings. The molecule has 10 nitrogen and oxygen atoms in total. The monoisotopic (exact) mass is 426 g/mol. The van der Waals surface area contributed by atoms with Gasteiger partial charge in [-0.15, -0.1) is 10.2 Å². The van der Waals surface area contributed by atoms with Crippen molar-refractivity contribution in [3.63, 3.8) is 0 Å². The van der Waals surface area contributed by atoms with E-state index in [-0.39, 0.29) is 17.3 Å². The number of methoxy groups -OCH3 is 2. The van der Waals surface area contributed by atoms with Gasteiger partial charge in [-0.1, -0.05) is 13.8 Å². The molecule has 3 aromatic heterocycles. The van der Waals surface area contributed by atoms with Gasteiger partial charge in [-0.05, 0) is 29.2 Å². The number of fused-ring (bicyclic) bond motifs is 3. The molecule has 4 rings (SSSR count). The fourth-order valence-electron chi connectivity index (χ4n) is 3.87. The van der Waals surface area contributed by atoms with Gasteiger partial charge in [-0.2, -0.15) is 5.21 Å². The van der Waals surface area contributed by atoms with Crippen molar-refractivity contribution < 1.29 is 14.2 Å². The van der Waals surface area contributed by atoms with E-state index >= 15 is 0 Å². The van der Waals surface area contributed by atoms with E-state index in [4.69, 9.17) is 19.2 Å². The Labute approximate surface area is 179 Å². The number of aromatic nitrogens is 6. The SMILES string of the molecule is COCCCOc1cc2c(nc1OC)-c1cc(=O)c(-c3nn[nH]n3)cn1C(C(C)C)C2. The zero-order chi connectivity index (χ0) is 22.0. The predicted octanol–water partition coefficient (Wildman–Crippen LogP) is 2.27. The van der Waals surface area contributed by atoms with E-state index in [1.807, 2.05) is 6.07 Å². The highest BCUT2D eigenvalue weighted by molar-refractivity contribution is 5.67. The molecule has 1 unspecified atom stereocenters. The standard InChI is InChI=1S/C21H26N6O4/c1-12(2)15-8-13-9-18(31-7-5-6-29-3)21(30-4)22-19(13)16-10-17(28)14(11-27(15)16)20-23-25-26-24-20/h9-12,15H,5-8H2,1-4H3,(H,23,24,25,26). The van der Waals surface area contributed by atoms with E-state index in [9.17, 15) is 4.79 Å². The van der Waals surface area contributed by atoms with Crippen LogP contribution in [0.15, 0.2) is 23.1 Å². The Morgan fingerprint density at radius 1 is 1.26 bits per heavy atom. The van der Waals surface area contributed by atoms with Crippen molar-refractivity contribution in [2.24, 2.45) is 5.92 Å². The number of rotatable bonds is 8. The molecule has 0 bridgehead atoms. The summed E-state index contributed by atoms with van der Waals surface area (Å²) in [6, 6.07) is 3.69. The first kappa shape index (κ1) is 21.0. The molecule has 0 saturated carbocycles. The molecule has 1 atom stereocenters. The molecule has 4 heterocycles. The third-order valence-corrected chi connectivity index (χ3v) is 5.44. The molecule has 3 aromatic rings. The van der Waals surface area contributed by atoms with Gasteiger partial charge in [0, 0.05) is 38.4 Å². The van der Waals surface area contributed by atoms with Crippen LogP contribution in [0.5, 0.6) is 11.6 Å². The Bertz CT molecular complexity index is 1110. The van der Waals surface area contributed by atoms with E-state index in [1.165, 1.54) is 0 Å². The number of tetrazole rings is 1. The molecule has 0 spiro atoms. The highest BCUT2D eigenvalue weighted by Gasteiger charge is 2.30. The van der Waals surface area contributed by atoms with Crippen LogP contribution in [0, 0.1) is 5.92 Å². The fraction of sp³-hybridized carbons (Fsp3) is 0.476. The smallest absolute Gasteiger partial charge is 0.257 e. The zero-order valence-corrected chi connectivity index (χ0v) is 18.1. The number of aromatic amines is 1. The Morgan fingerprint density at radius 2 is 2.10 bits per heavy atom. The van der Waals surface area contributed by atoms with E-state index < -0.39 is 0 Å². The predicted molar refractivity (Wildman–Crippen MR) is 113 cm³/mol. The number of ether oxygens (including phenoxy) is 3. The highest BCUT2D eigenvalue weighted by Crippen LogP contribution is 2.40. The number of hydrogen-bond acceptors (Lipinski definition) is 8. The van der Waals surface area contributed by atoms with E-state index in [2.05, 4.69) is 39.0 Å². The summed E-state index contributed by atoms with van der Waals surface area (Å²) in [6.07, 6.45) is 3.32. The molecule has 0 saturated heterocycles. The summed E-state index contributed by atoms with van der Waals surface area (Å²) in [5, 5.41) is 13.9. The molecular formula is C21H26N6O4. The number of hydrogen-bond donors (Lipinski definition) is 1. The molecule has 0 aromatic carbocycles. The largest absolute Gasteiger partial charge is 0.488 e. The van der Waals surface area contributed by atoms with Crippen molar-refractivity contribution in [1.29, 1.82) is 0 Å². The summed E-state index contributed by atoms with van der Waals surface area (Å²) >= 11 is 0. The van der Waals surface area contributed by atoms with Gasteiger partial charge in [0.15, 0.2) is 11.2 Å². The van der Waals surface area contributed by atoms with Crippen molar-refractivity contribution in [3.8, 4) is 34.4 Å². The van der Waals surface area contributed by atoms with Crippen LogP contribution >= 0.6 is 0 Å². The van der Waals surface area contributed by atoms with Crippen molar-refractivity contribution in [3.05, 3.63) is 34.1 Å². The Balaban J connectivity index is 1.80. The molecule has 0 fully saturated rings. The van der Waals surface area contributed by atoms with Crippen LogP contribution in [-0.4, -0.2) is 57.6 Å². The molecule has 1 N–H and O–H groups in total. The summed E-state index contributed by atoms with van der Waals surface area (Å²) in [5.74, 6) is 1.58. The molecular weight excluding hydrogens is 400 g/mol. The van der Waals surface area contributed by atoms with Crippen molar-refractivity contribution in [2.75, 3.05) is 27.4 Å². The van der Waals surface area contributed by atoms with Crippen molar-refractivity contribution in [1.82, 2.24) is 30.2 Å². The average molecular weight is 426 g/mol. The lowest BCUT2D eigenvalue weighted by Crippen LogP contribution is -2.27. The molecule has 0 radical (unpaired) electrons. The third kappa shape index (κ3) is 4.02. The number of nitrogens with one attached hydrogen (secondary N) is 1. The minimum Gasteiger partial charge on any atom is -0.488 e. The molecule has 164 valence electrons. The number of H-pyrrole nitrogens is 1. The highest BCUT2D eigenvalue weighted by atomic mass is 16.5. The second kappa shape index (κ2) is 8.84. The molecule has 10 heteroatoms. The van der Waals surface area contributed by atoms with Gasteiger partial charge in [0.2, 0.25) is 5.82 Å². The Morgan fingerprint density at radius 3 is 2.77 bits per heavy atom. The lowest BCUT2D eigenvalue weighted by molar-refractivity contribution is 0.170. The van der Waals surface area contributed by atoms with Gasteiger partial charge in [0.05, 0.1) is 30.7 Å². The van der Waals surface area contributed by atoms with Crippen LogP contribution in [0.1, 0.15) is 31.9 Å². The van der Waals surface area contributed by atoms with Crippen LogP contribution in [0.25, 0.3) is 22.8 Å². The van der Waals surface area contributed by atoms with Gasteiger partial charge in [0.25, 0.3) is 5.88 Å². The van der Waals surface area contributed by atoms with Crippen LogP contribution < -0.4 is 14.9 Å². The minimum absolute atomic E-state index is 0.130. The van der Waals surface area contributed by atoms with Crippen molar-refractivity contribution >= 4 is 0 Å². The molecule has 1 aliphatic heterocycles. The van der Waals surface area contributed by atoms with Gasteiger partial charge in [0.1, 0.15) is 0 Å². The third-order valence-electron chi connectivity index (χ3n) is 5.44. The number of pyridine rings is 2. The second-order valence-electron chi connectivity index (χ2n) is 7.79. The van der Waals surface area contributed by atoms with Crippen LogP contribution in [0.3, 0.4) is 0 Å². The molecule has 0 aliphatic carbocycles. The summed E-state index contributed by atoms with van der Waals surface area (Å²) in [4.78, 5) is 17.6. The quantitative estimate of drug-likeness (QED) is 0.545. The second-order valence-corrected chi connectivity index (χ2v) is 7.79. The van der Waals surface area contributed by atoms with Crippen LogP contribution in [0.2, 0.25) is 0 Å². The summed E-state index contributed by atoms with van der Waals surface area (Å²) in [7, 11) is 3.22. The molecule has 0 amide bonds. The first-order valence-corrected chi connectivity index (χ1v) is 10.2. The van der Waals surface area contributed by atoms with Gasteiger partial charge >= 0.3 is 0 Å². The average Bonchev–Trinajstić information content (AvgIpc) is 3.29. The maximum atomic E-state index is 12.9. The normalized spacial score (nSPS) is 14.9. The first-order chi connectivity index (χ1) is 15.0. The maximum Gasteiger partial charge on any atom is 0.257 e. The van der Waals surface area contributed by atoms with Gasteiger partial charge in [-0.3, -0.25) is 4.79 Å². The summed E-state index contributed by atoms with van der Waals surface area (Å²) in [5.41, 5.74) is 2.68. The molecule has 31 heavy (non-hydrogen) atoms. The summed E-state index contributed by atoms with van der Waals surface area (Å²) < 4.78 is 18.6. The maximum absolute atomic E-state index is 12.9. The van der Waals surface area contributed by atoms with Gasteiger partial charge < -0.3 is 18.8 Å². The van der Waals surface area contributed by atoms with E-state index in [0.29, 0.717) is 36.3 Å². The Kier molecular flexibility index (Phi) is 5.99. The zero-order valence-electron chi connectivity index (χ0n) is 18.1. The van der Waals surface area contributed by atoms with E-state index in [1.54, 1.807) is 26.5 Å². The minimum atomic E-state index is -0.191. The van der Waals surface area contributed by atoms with Crippen LogP contribution in [-0.2, 0) is 11.2 Å². The lowest BCUT2D eigenvalue weighted by Gasteiger charge is -2.33. The Hall–Kier alpha value is -3.27. The topological polar surface area (TPSA) is 117 Å². The lowest BCUT2D eigenvalue weighted by atomic mass is 9.89. The van der Waals surface area contributed by atoms with Crippen molar-refractivity contribution in [2.45, 2.75) is 32.7 Å². The summed E-state index contributed by atoms with van der Waals surface area (Å²) in [6.45, 7) is 5.44. The first-order valence-electron chi connectivity index (χ1n) is 10.2. The van der Waals surface area contributed by atoms with Gasteiger partial charge in [-0.25, -0.2) is 4.98 Å². The fourth-order valence-corrected chi connectivity index (χ4v) is 3.87.